The molecule has 18 rings (SSSR count). The third-order valence-corrected chi connectivity index (χ3v) is 21.4. The highest BCUT2D eigenvalue weighted by Crippen LogP contribution is 2.54. The van der Waals surface area contributed by atoms with Gasteiger partial charge in [-0.2, -0.15) is 0 Å². The van der Waals surface area contributed by atoms with Crippen LogP contribution >= 0.6 is 11.6 Å². The van der Waals surface area contributed by atoms with E-state index >= 15 is 0 Å². The predicted molar refractivity (Wildman–Crippen MR) is 443 cm³/mol. The molecular weight excluding hydrogens is 1280 g/mol. The summed E-state index contributed by atoms with van der Waals surface area (Å²) in [6, 6.07) is 129. The molecule has 104 heavy (non-hydrogen) atoms. The maximum absolute atomic E-state index is 9.01. The average molecular weight is 1360 g/mol. The van der Waals surface area contributed by atoms with Gasteiger partial charge in [-0.1, -0.05) is 272 Å². The fourth-order valence-electron chi connectivity index (χ4n) is 15.8. The van der Waals surface area contributed by atoms with Crippen molar-refractivity contribution >= 4 is 111 Å². The van der Waals surface area contributed by atoms with Crippen molar-refractivity contribution in [3.8, 4) is 61.6 Å². The number of para-hydroxylation sites is 2. The molecule has 18 aromatic rings. The molecule has 0 radical (unpaired) electrons. The van der Waals surface area contributed by atoms with Gasteiger partial charge < -0.3 is 23.5 Å². The van der Waals surface area contributed by atoms with Crippen LogP contribution in [0.25, 0.3) is 127 Å². The number of hydrogen-bond donors (Lipinski definition) is 0. The highest BCUT2D eigenvalue weighted by molar-refractivity contribution is 6.37. The third-order valence-electron chi connectivity index (χ3n) is 21.0. The van der Waals surface area contributed by atoms with Gasteiger partial charge in [-0.05, 0) is 200 Å². The van der Waals surface area contributed by atoms with Crippen molar-refractivity contribution in [2.24, 2.45) is 0 Å². The van der Waals surface area contributed by atoms with Gasteiger partial charge in [0.15, 0.2) is 0 Å². The molecule has 0 saturated carbocycles. The highest BCUT2D eigenvalue weighted by Gasteiger charge is 2.31. The molecule has 0 amide bonds. The van der Waals surface area contributed by atoms with Gasteiger partial charge >= 0.3 is 0 Å². The quantitative estimate of drug-likeness (QED) is 0.115. The van der Waals surface area contributed by atoms with Gasteiger partial charge in [0.2, 0.25) is 0 Å². The first-order valence-corrected chi connectivity index (χ1v) is 36.4. The molecular formula is C98H76ClN5. The van der Waals surface area contributed by atoms with Crippen molar-refractivity contribution in [3.63, 3.8) is 0 Å². The molecule has 6 heteroatoms. The first kappa shape index (κ1) is 63.7. The second kappa shape index (κ2) is 25.6. The largest absolute Gasteiger partial charge is 0.309 e. The maximum atomic E-state index is 9.01. The van der Waals surface area contributed by atoms with Crippen LogP contribution < -0.4 is 9.80 Å². The summed E-state index contributed by atoms with van der Waals surface area (Å²) in [6.45, 7) is 13.9. The van der Waals surface area contributed by atoms with Gasteiger partial charge in [-0.15, -0.1) is 0 Å². The summed E-state index contributed by atoms with van der Waals surface area (Å²) >= 11 is 9.01. The first-order chi connectivity index (χ1) is 50.8. The summed E-state index contributed by atoms with van der Waals surface area (Å²) in [6.07, 6.45) is 0. The Hall–Kier alpha value is -12.4. The molecule has 0 aliphatic carbocycles. The van der Waals surface area contributed by atoms with Crippen LogP contribution in [-0.2, 0) is 10.8 Å². The van der Waals surface area contributed by atoms with E-state index in [9.17, 15) is 0 Å². The molecule has 0 bridgehead atoms. The van der Waals surface area contributed by atoms with Crippen molar-refractivity contribution in [1.29, 1.82) is 0 Å². The lowest BCUT2D eigenvalue weighted by atomic mass is 9.85. The van der Waals surface area contributed by atoms with E-state index in [2.05, 4.69) is 417 Å². The van der Waals surface area contributed by atoms with Crippen LogP contribution in [0.4, 0.5) is 34.1 Å². The average Bonchev–Trinajstić information content (AvgIpc) is 1.45. The summed E-state index contributed by atoms with van der Waals surface area (Å²) in [5.41, 5.74) is 26.4. The van der Waals surface area contributed by atoms with Crippen LogP contribution in [0.3, 0.4) is 0 Å². The van der Waals surface area contributed by atoms with Gasteiger partial charge in [0.05, 0.1) is 66.6 Å². The minimum Gasteiger partial charge on any atom is -0.309 e. The van der Waals surface area contributed by atoms with Gasteiger partial charge in [-0.25, -0.2) is 0 Å². The summed E-state index contributed by atoms with van der Waals surface area (Å²) in [4.78, 5) is 4.90. The molecule has 3 heterocycles. The van der Waals surface area contributed by atoms with Crippen LogP contribution in [0.15, 0.2) is 352 Å². The molecule has 0 unspecified atom stereocenters. The number of aromatic nitrogens is 3. The van der Waals surface area contributed by atoms with E-state index in [-0.39, 0.29) is 10.8 Å². The standard InChI is InChI=1S/C98H76ClN5/c1-97(2,3)73-49-57-84-80(61-73)81-62-74(98(4,5)6)50-58-85(81)104(84)79-63-92(102(77-51-43-69(44-52-77)65-27-13-7-14-28-65)90-41-25-39-88-94(90)82-59-71(67-31-17-9-18-32-67)47-55-86(82)100(88)75-35-21-11-22-36-75)96(99)93(64-79)103(78-53-45-70(46-54-78)66-29-15-8-16-30-66)91-42-26-40-89-95(91)83-60-72(68-33-19-10-20-34-68)48-56-87(83)101(89)76-37-23-12-24-38-76/h7-64H,1-6H3. The van der Waals surface area contributed by atoms with E-state index in [0.29, 0.717) is 5.02 Å². The van der Waals surface area contributed by atoms with Crippen LogP contribution in [-0.4, -0.2) is 13.7 Å². The van der Waals surface area contributed by atoms with E-state index in [0.717, 1.165) is 150 Å². The molecule has 0 saturated heterocycles. The second-order valence-corrected chi connectivity index (χ2v) is 29.9. The first-order valence-electron chi connectivity index (χ1n) is 36.0. The van der Waals surface area contributed by atoms with Crippen molar-refractivity contribution in [2.45, 2.75) is 52.4 Å². The Labute approximate surface area is 612 Å². The van der Waals surface area contributed by atoms with Gasteiger partial charge in [0, 0.05) is 55.1 Å². The number of rotatable bonds is 13. The maximum Gasteiger partial charge on any atom is 0.0888 e. The summed E-state index contributed by atoms with van der Waals surface area (Å²) in [7, 11) is 0. The van der Waals surface area contributed by atoms with E-state index in [1.54, 1.807) is 0 Å². The lowest BCUT2D eigenvalue weighted by molar-refractivity contribution is 0.590. The monoisotopic (exact) mass is 1360 g/mol. The Morgan fingerprint density at radius 1 is 0.231 bits per heavy atom. The van der Waals surface area contributed by atoms with E-state index in [1.165, 1.54) is 21.9 Å². The van der Waals surface area contributed by atoms with Gasteiger partial charge in [0.25, 0.3) is 0 Å². The Balaban J connectivity index is 1.00. The summed E-state index contributed by atoms with van der Waals surface area (Å²) in [5, 5.41) is 7.34. The van der Waals surface area contributed by atoms with Crippen molar-refractivity contribution in [2.75, 3.05) is 9.80 Å². The molecule has 0 aliphatic rings. The highest BCUT2D eigenvalue weighted by atomic mass is 35.5. The molecule has 500 valence electrons. The number of fused-ring (bicyclic) bond motifs is 9. The number of halogens is 1. The van der Waals surface area contributed by atoms with Crippen LogP contribution in [0, 0.1) is 0 Å². The number of anilines is 6. The Morgan fingerprint density at radius 2 is 0.529 bits per heavy atom. The lowest BCUT2D eigenvalue weighted by Gasteiger charge is -2.33. The molecule has 0 N–H and O–H groups in total. The Kier molecular flexibility index (Phi) is 15.7. The molecule has 0 aliphatic heterocycles. The Bertz CT molecular complexity index is 5880. The lowest BCUT2D eigenvalue weighted by Crippen LogP contribution is -2.16. The SMILES string of the molecule is CC(C)(C)c1ccc2c(c1)c1cc(C(C)(C)C)ccc1n2-c1cc(N(c2ccc(-c3ccccc3)cc2)c2cccc3c2c2cc(-c4ccccc4)ccc2n3-c2ccccc2)c(Cl)c(N(c2ccc(-c3ccccc3)cc2)c2cccc3c2c2cc(-c4ccccc4)ccc2n3-c2ccccc2)c1. The molecule has 0 fully saturated rings. The van der Waals surface area contributed by atoms with Gasteiger partial charge in [-0.3, -0.25) is 0 Å². The molecule has 15 aromatic carbocycles. The zero-order valence-corrected chi connectivity index (χ0v) is 59.9. The summed E-state index contributed by atoms with van der Waals surface area (Å²) < 4.78 is 7.35. The van der Waals surface area contributed by atoms with E-state index in [4.69, 9.17) is 11.6 Å². The molecule has 0 atom stereocenters. The number of benzene rings is 15. The van der Waals surface area contributed by atoms with E-state index < -0.39 is 0 Å². The van der Waals surface area contributed by atoms with Crippen molar-refractivity contribution < 1.29 is 0 Å². The zero-order chi connectivity index (χ0) is 70.4. The van der Waals surface area contributed by atoms with E-state index in [1.807, 2.05) is 0 Å². The van der Waals surface area contributed by atoms with Crippen molar-refractivity contribution in [3.05, 3.63) is 368 Å². The normalized spacial score (nSPS) is 12.0. The molecule has 3 aromatic heterocycles. The third kappa shape index (κ3) is 11.1. The number of nitrogens with zero attached hydrogens (tertiary/aromatic N) is 5. The molecule has 0 spiro atoms. The van der Waals surface area contributed by atoms with Gasteiger partial charge in [0.1, 0.15) is 0 Å². The fraction of sp³-hybridized carbons (Fsp3) is 0.0816. The second-order valence-electron chi connectivity index (χ2n) is 29.5. The Morgan fingerprint density at radius 3 is 0.885 bits per heavy atom. The zero-order valence-electron chi connectivity index (χ0n) is 59.1. The van der Waals surface area contributed by atoms with Crippen LogP contribution in [0.5, 0.6) is 0 Å². The summed E-state index contributed by atoms with van der Waals surface area (Å²) in [5.74, 6) is 0. The minimum atomic E-state index is -0.114. The van der Waals surface area contributed by atoms with Crippen LogP contribution in [0.2, 0.25) is 5.02 Å². The topological polar surface area (TPSA) is 21.3 Å². The fourth-order valence-corrected chi connectivity index (χ4v) is 16.0. The number of hydrogen-bond acceptors (Lipinski definition) is 2. The smallest absolute Gasteiger partial charge is 0.0888 e. The van der Waals surface area contributed by atoms with Crippen LogP contribution in [0.1, 0.15) is 52.7 Å². The predicted octanol–water partition coefficient (Wildman–Crippen LogP) is 27.8. The van der Waals surface area contributed by atoms with Crippen molar-refractivity contribution in [1.82, 2.24) is 13.7 Å². The minimum absolute atomic E-state index is 0.114. The molecule has 5 nitrogen and oxygen atoms in total.